The van der Waals surface area contributed by atoms with Crippen LogP contribution in [0.2, 0.25) is 0 Å². The number of benzene rings is 1. The molecule has 1 atom stereocenters. The molecule has 0 saturated carbocycles. The van der Waals surface area contributed by atoms with Gasteiger partial charge < -0.3 is 9.88 Å². The molecule has 17 heavy (non-hydrogen) atoms. The van der Waals surface area contributed by atoms with E-state index in [0.29, 0.717) is 6.04 Å². The van der Waals surface area contributed by atoms with Crippen LogP contribution in [0, 0.1) is 0 Å². The summed E-state index contributed by atoms with van der Waals surface area (Å²) in [7, 11) is 0. The summed E-state index contributed by atoms with van der Waals surface area (Å²) in [4.78, 5) is 4.74. The second-order valence-corrected chi connectivity index (χ2v) is 5.36. The summed E-state index contributed by atoms with van der Waals surface area (Å²) >= 11 is 3.66. The Balaban J connectivity index is 2.24. The highest BCUT2D eigenvalue weighted by atomic mass is 79.9. The van der Waals surface area contributed by atoms with Gasteiger partial charge in [0, 0.05) is 23.5 Å². The van der Waals surface area contributed by atoms with Gasteiger partial charge in [-0.25, -0.2) is 4.98 Å². The number of halogens is 1. The molecule has 1 fully saturated rings. The number of nitrogens with one attached hydrogen (secondary N) is 1. The largest absolute Gasteiger partial charge is 0.323 e. The molecule has 3 nitrogen and oxygen atoms in total. The van der Waals surface area contributed by atoms with Gasteiger partial charge in [0.25, 0.3) is 0 Å². The SMILES string of the molecule is CCc1nc2cccc(Br)c2n1C1CCNC1. The fourth-order valence-electron chi connectivity index (χ4n) is 2.66. The van der Waals surface area contributed by atoms with Gasteiger partial charge in [-0.1, -0.05) is 13.0 Å². The summed E-state index contributed by atoms with van der Waals surface area (Å²) in [5, 5.41) is 3.43. The molecule has 1 aromatic carbocycles. The van der Waals surface area contributed by atoms with Crippen LogP contribution in [0.25, 0.3) is 11.0 Å². The van der Waals surface area contributed by atoms with Crippen molar-refractivity contribution in [1.29, 1.82) is 0 Å². The minimum atomic E-state index is 0.550. The van der Waals surface area contributed by atoms with Crippen LogP contribution in [-0.2, 0) is 6.42 Å². The highest BCUT2D eigenvalue weighted by molar-refractivity contribution is 9.10. The minimum Gasteiger partial charge on any atom is -0.323 e. The number of aryl methyl sites for hydroxylation is 1. The molecule has 0 bridgehead atoms. The summed E-state index contributed by atoms with van der Waals surface area (Å²) in [6, 6.07) is 6.80. The van der Waals surface area contributed by atoms with Crippen LogP contribution >= 0.6 is 15.9 Å². The van der Waals surface area contributed by atoms with Crippen LogP contribution in [0.1, 0.15) is 25.2 Å². The number of rotatable bonds is 2. The fraction of sp³-hybridized carbons (Fsp3) is 0.462. The van der Waals surface area contributed by atoms with Gasteiger partial charge in [-0.3, -0.25) is 0 Å². The Bertz CT molecular complexity index is 541. The Morgan fingerprint density at radius 2 is 2.41 bits per heavy atom. The molecule has 1 saturated heterocycles. The van der Waals surface area contributed by atoms with Gasteiger partial charge in [0.1, 0.15) is 5.82 Å². The molecule has 3 rings (SSSR count). The molecule has 1 unspecified atom stereocenters. The fourth-order valence-corrected chi connectivity index (χ4v) is 3.20. The summed E-state index contributed by atoms with van der Waals surface area (Å²) in [5.41, 5.74) is 2.35. The van der Waals surface area contributed by atoms with E-state index < -0.39 is 0 Å². The Hall–Kier alpha value is -0.870. The van der Waals surface area contributed by atoms with Crippen LogP contribution in [0.3, 0.4) is 0 Å². The van der Waals surface area contributed by atoms with Crippen molar-refractivity contribution in [2.75, 3.05) is 13.1 Å². The number of hydrogen-bond donors (Lipinski definition) is 1. The molecule has 1 N–H and O–H groups in total. The standard InChI is InChI=1S/C13H16BrN3/c1-2-12-16-11-5-3-4-10(14)13(11)17(12)9-6-7-15-8-9/h3-5,9,15H,2,6-8H2,1H3. The average molecular weight is 294 g/mol. The van der Waals surface area contributed by atoms with E-state index >= 15 is 0 Å². The van der Waals surface area contributed by atoms with Crippen molar-refractivity contribution in [1.82, 2.24) is 14.9 Å². The van der Waals surface area contributed by atoms with Crippen LogP contribution in [0.4, 0.5) is 0 Å². The van der Waals surface area contributed by atoms with Crippen LogP contribution < -0.4 is 5.32 Å². The Morgan fingerprint density at radius 1 is 1.53 bits per heavy atom. The normalized spacial score (nSPS) is 20.2. The first kappa shape index (κ1) is 11.2. The Morgan fingerprint density at radius 3 is 3.12 bits per heavy atom. The molecule has 1 aliphatic rings. The second kappa shape index (κ2) is 4.42. The molecule has 0 amide bonds. The van der Waals surface area contributed by atoms with Gasteiger partial charge in [0.15, 0.2) is 0 Å². The van der Waals surface area contributed by atoms with Gasteiger partial charge in [0.2, 0.25) is 0 Å². The van der Waals surface area contributed by atoms with Crippen molar-refractivity contribution < 1.29 is 0 Å². The minimum absolute atomic E-state index is 0.550. The molecular formula is C13H16BrN3. The highest BCUT2D eigenvalue weighted by Gasteiger charge is 2.22. The lowest BCUT2D eigenvalue weighted by atomic mass is 10.2. The van der Waals surface area contributed by atoms with Crippen molar-refractivity contribution in [3.63, 3.8) is 0 Å². The molecule has 2 heterocycles. The zero-order valence-electron chi connectivity index (χ0n) is 9.91. The van der Waals surface area contributed by atoms with Crippen LogP contribution in [-0.4, -0.2) is 22.6 Å². The van der Waals surface area contributed by atoms with Gasteiger partial charge in [-0.05, 0) is 41.0 Å². The molecule has 0 radical (unpaired) electrons. The molecule has 0 aliphatic carbocycles. The van der Waals surface area contributed by atoms with Gasteiger partial charge in [-0.15, -0.1) is 0 Å². The van der Waals surface area contributed by atoms with Crippen molar-refractivity contribution in [3.8, 4) is 0 Å². The maximum atomic E-state index is 4.74. The van der Waals surface area contributed by atoms with Crippen LogP contribution in [0.15, 0.2) is 22.7 Å². The maximum Gasteiger partial charge on any atom is 0.109 e. The van der Waals surface area contributed by atoms with Gasteiger partial charge in [0.05, 0.1) is 11.0 Å². The lowest BCUT2D eigenvalue weighted by Crippen LogP contribution is -2.15. The lowest BCUT2D eigenvalue weighted by Gasteiger charge is -2.15. The summed E-state index contributed by atoms with van der Waals surface area (Å²) in [6.45, 7) is 4.34. The first-order chi connectivity index (χ1) is 8.31. The zero-order chi connectivity index (χ0) is 11.8. The first-order valence-electron chi connectivity index (χ1n) is 6.17. The average Bonchev–Trinajstić information content (AvgIpc) is 2.95. The number of para-hydroxylation sites is 1. The van der Waals surface area contributed by atoms with E-state index in [1.165, 1.54) is 17.8 Å². The molecular weight excluding hydrogens is 278 g/mol. The number of fused-ring (bicyclic) bond motifs is 1. The highest BCUT2D eigenvalue weighted by Crippen LogP contribution is 2.30. The van der Waals surface area contributed by atoms with Gasteiger partial charge in [-0.2, -0.15) is 0 Å². The molecule has 1 aliphatic heterocycles. The molecule has 4 heteroatoms. The van der Waals surface area contributed by atoms with E-state index in [4.69, 9.17) is 4.98 Å². The topological polar surface area (TPSA) is 29.9 Å². The summed E-state index contributed by atoms with van der Waals surface area (Å²) < 4.78 is 3.56. The monoisotopic (exact) mass is 293 g/mol. The number of aromatic nitrogens is 2. The summed E-state index contributed by atoms with van der Waals surface area (Å²) in [5.74, 6) is 1.20. The van der Waals surface area contributed by atoms with E-state index in [2.05, 4.69) is 50.9 Å². The van der Waals surface area contributed by atoms with Crippen molar-refractivity contribution in [3.05, 3.63) is 28.5 Å². The molecule has 1 aromatic heterocycles. The number of nitrogens with zero attached hydrogens (tertiary/aromatic N) is 2. The van der Waals surface area contributed by atoms with Crippen molar-refractivity contribution in [2.45, 2.75) is 25.8 Å². The molecule has 2 aromatic rings. The summed E-state index contributed by atoms with van der Waals surface area (Å²) in [6.07, 6.45) is 2.18. The Kier molecular flexibility index (Phi) is 2.92. The second-order valence-electron chi connectivity index (χ2n) is 4.51. The lowest BCUT2D eigenvalue weighted by molar-refractivity contribution is 0.539. The van der Waals surface area contributed by atoms with Gasteiger partial charge >= 0.3 is 0 Å². The predicted molar refractivity (Wildman–Crippen MR) is 73.3 cm³/mol. The van der Waals surface area contributed by atoms with Crippen LogP contribution in [0.5, 0.6) is 0 Å². The zero-order valence-corrected chi connectivity index (χ0v) is 11.5. The van der Waals surface area contributed by atoms with E-state index in [-0.39, 0.29) is 0 Å². The van der Waals surface area contributed by atoms with E-state index in [0.717, 1.165) is 29.5 Å². The van der Waals surface area contributed by atoms with Crippen molar-refractivity contribution in [2.24, 2.45) is 0 Å². The number of imidazole rings is 1. The third-order valence-corrected chi connectivity index (χ3v) is 4.09. The predicted octanol–water partition coefficient (Wildman–Crippen LogP) is 2.90. The third kappa shape index (κ3) is 1.79. The van der Waals surface area contributed by atoms with Crippen molar-refractivity contribution >= 4 is 27.0 Å². The molecule has 90 valence electrons. The van der Waals surface area contributed by atoms with E-state index in [1.54, 1.807) is 0 Å². The third-order valence-electron chi connectivity index (χ3n) is 3.45. The Labute approximate surface area is 109 Å². The van der Waals surface area contributed by atoms with E-state index in [9.17, 15) is 0 Å². The smallest absolute Gasteiger partial charge is 0.109 e. The number of hydrogen-bond acceptors (Lipinski definition) is 2. The first-order valence-corrected chi connectivity index (χ1v) is 6.96. The molecule has 0 spiro atoms. The quantitative estimate of drug-likeness (QED) is 0.923. The maximum absolute atomic E-state index is 4.74. The van der Waals surface area contributed by atoms with E-state index in [1.807, 2.05) is 0 Å².